The second-order valence-electron chi connectivity index (χ2n) is 4.03. The lowest BCUT2D eigenvalue weighted by Crippen LogP contribution is -2.31. The van der Waals surface area contributed by atoms with Crippen LogP contribution < -0.4 is 10.6 Å². The number of thioether (sulfide) groups is 1. The van der Waals surface area contributed by atoms with Crippen molar-refractivity contribution >= 4 is 17.7 Å². The maximum absolute atomic E-state index is 11.3. The number of hydrogen-bond acceptors (Lipinski definition) is 4. The van der Waals surface area contributed by atoms with Gasteiger partial charge >= 0.3 is 0 Å². The highest BCUT2D eigenvalue weighted by Gasteiger charge is 2.14. The minimum Gasteiger partial charge on any atom is -0.383 e. The Balaban J connectivity index is 1.87. The van der Waals surface area contributed by atoms with Crippen molar-refractivity contribution in [2.24, 2.45) is 5.92 Å². The van der Waals surface area contributed by atoms with E-state index in [2.05, 4.69) is 10.6 Å². The van der Waals surface area contributed by atoms with Gasteiger partial charge in [0, 0.05) is 26.6 Å². The molecular weight excluding hydrogens is 224 g/mol. The second-order valence-corrected chi connectivity index (χ2v) is 5.18. The van der Waals surface area contributed by atoms with E-state index in [0.29, 0.717) is 19.6 Å². The van der Waals surface area contributed by atoms with Crippen LogP contribution in [0.5, 0.6) is 0 Å². The molecule has 16 heavy (non-hydrogen) atoms. The molecule has 0 spiro atoms. The maximum Gasteiger partial charge on any atom is 0.221 e. The molecule has 2 N–H and O–H groups in total. The van der Waals surface area contributed by atoms with Gasteiger partial charge in [0.2, 0.25) is 5.91 Å². The van der Waals surface area contributed by atoms with Gasteiger partial charge in [-0.05, 0) is 30.4 Å². The number of carbonyl (C=O) groups is 1. The van der Waals surface area contributed by atoms with Crippen molar-refractivity contribution in [3.05, 3.63) is 0 Å². The fourth-order valence-corrected chi connectivity index (χ4v) is 2.92. The first kappa shape index (κ1) is 13.8. The van der Waals surface area contributed by atoms with Gasteiger partial charge in [0.05, 0.1) is 6.61 Å². The van der Waals surface area contributed by atoms with Crippen LogP contribution >= 0.6 is 11.8 Å². The van der Waals surface area contributed by atoms with Gasteiger partial charge in [-0.25, -0.2) is 0 Å². The van der Waals surface area contributed by atoms with Crippen LogP contribution in [-0.2, 0) is 9.53 Å². The molecule has 1 saturated heterocycles. The summed E-state index contributed by atoms with van der Waals surface area (Å²) in [5.41, 5.74) is 0. The average molecular weight is 246 g/mol. The Hall–Kier alpha value is -0.260. The summed E-state index contributed by atoms with van der Waals surface area (Å²) in [5, 5.41) is 6.15. The van der Waals surface area contributed by atoms with E-state index < -0.39 is 0 Å². The molecule has 0 radical (unpaired) electrons. The van der Waals surface area contributed by atoms with Crippen LogP contribution in [0.25, 0.3) is 0 Å². The second kappa shape index (κ2) is 8.84. The van der Waals surface area contributed by atoms with E-state index in [1.165, 1.54) is 17.9 Å². The lowest BCUT2D eigenvalue weighted by Gasteiger charge is -2.09. The predicted molar refractivity (Wildman–Crippen MR) is 67.8 cm³/mol. The Morgan fingerprint density at radius 2 is 2.38 bits per heavy atom. The molecule has 1 unspecified atom stereocenters. The number of methoxy groups -OCH3 is 1. The zero-order chi connectivity index (χ0) is 11.6. The van der Waals surface area contributed by atoms with Crippen LogP contribution in [0, 0.1) is 5.92 Å². The summed E-state index contributed by atoms with van der Waals surface area (Å²) in [7, 11) is 1.63. The van der Waals surface area contributed by atoms with Crippen LogP contribution in [0.4, 0.5) is 0 Å². The average Bonchev–Trinajstić information content (AvgIpc) is 2.78. The molecule has 1 aliphatic rings. The third-order valence-corrected chi connectivity index (χ3v) is 3.85. The molecule has 0 aromatic heterocycles. The quantitative estimate of drug-likeness (QED) is 0.612. The molecule has 1 fully saturated rings. The molecule has 0 saturated carbocycles. The summed E-state index contributed by atoms with van der Waals surface area (Å²) in [4.78, 5) is 11.3. The Morgan fingerprint density at radius 3 is 3.06 bits per heavy atom. The largest absolute Gasteiger partial charge is 0.383 e. The summed E-state index contributed by atoms with van der Waals surface area (Å²) in [6, 6.07) is 0. The molecule has 1 heterocycles. The monoisotopic (exact) mass is 246 g/mol. The first-order chi connectivity index (χ1) is 7.83. The standard InChI is InChI=1S/C11H22N2O2S/c1-15-6-5-13-11(14)2-4-12-8-10-3-7-16-9-10/h10,12H,2-9H2,1H3,(H,13,14). The number of ether oxygens (including phenoxy) is 1. The van der Waals surface area contributed by atoms with Crippen LogP contribution in [0.15, 0.2) is 0 Å². The third kappa shape index (κ3) is 6.35. The topological polar surface area (TPSA) is 50.4 Å². The Kier molecular flexibility index (Phi) is 7.63. The Bertz CT molecular complexity index is 196. The first-order valence-electron chi connectivity index (χ1n) is 5.87. The summed E-state index contributed by atoms with van der Waals surface area (Å²) in [5.74, 6) is 3.48. The SMILES string of the molecule is COCCNC(=O)CCNCC1CCSC1. The highest BCUT2D eigenvalue weighted by molar-refractivity contribution is 7.99. The predicted octanol–water partition coefficient (Wildman–Crippen LogP) is 0.482. The number of nitrogens with one attached hydrogen (secondary N) is 2. The van der Waals surface area contributed by atoms with Crippen molar-refractivity contribution in [2.45, 2.75) is 12.8 Å². The lowest BCUT2D eigenvalue weighted by atomic mass is 10.1. The van der Waals surface area contributed by atoms with E-state index in [1.807, 2.05) is 11.8 Å². The summed E-state index contributed by atoms with van der Waals surface area (Å²) in [6.07, 6.45) is 1.88. The molecule has 1 amide bonds. The number of hydrogen-bond donors (Lipinski definition) is 2. The molecule has 0 bridgehead atoms. The fourth-order valence-electron chi connectivity index (χ4n) is 1.63. The summed E-state index contributed by atoms with van der Waals surface area (Å²) in [6.45, 7) is 3.02. The highest BCUT2D eigenvalue weighted by atomic mass is 32.2. The van der Waals surface area contributed by atoms with E-state index in [1.54, 1.807) is 7.11 Å². The van der Waals surface area contributed by atoms with Gasteiger partial charge in [0.1, 0.15) is 0 Å². The number of rotatable bonds is 8. The van der Waals surface area contributed by atoms with Crippen molar-refractivity contribution < 1.29 is 9.53 Å². The van der Waals surface area contributed by atoms with Crippen LogP contribution in [0.1, 0.15) is 12.8 Å². The normalized spacial score (nSPS) is 19.9. The van der Waals surface area contributed by atoms with Crippen LogP contribution in [0.3, 0.4) is 0 Å². The molecule has 1 aliphatic heterocycles. The minimum atomic E-state index is 0.102. The molecule has 0 aromatic rings. The van der Waals surface area contributed by atoms with E-state index in [0.717, 1.165) is 19.0 Å². The summed E-state index contributed by atoms with van der Waals surface area (Å²) < 4.78 is 4.85. The first-order valence-corrected chi connectivity index (χ1v) is 7.02. The smallest absolute Gasteiger partial charge is 0.221 e. The van der Waals surface area contributed by atoms with Crippen molar-refractivity contribution in [3.63, 3.8) is 0 Å². The number of carbonyl (C=O) groups excluding carboxylic acids is 1. The van der Waals surface area contributed by atoms with E-state index in [4.69, 9.17) is 4.74 Å². The van der Waals surface area contributed by atoms with Gasteiger partial charge in [-0.3, -0.25) is 4.79 Å². The molecule has 4 nitrogen and oxygen atoms in total. The minimum absolute atomic E-state index is 0.102. The van der Waals surface area contributed by atoms with E-state index in [9.17, 15) is 4.79 Å². The van der Waals surface area contributed by atoms with Gasteiger partial charge in [-0.15, -0.1) is 0 Å². The molecular formula is C11H22N2O2S. The Morgan fingerprint density at radius 1 is 1.50 bits per heavy atom. The lowest BCUT2D eigenvalue weighted by molar-refractivity contribution is -0.121. The van der Waals surface area contributed by atoms with Gasteiger partial charge < -0.3 is 15.4 Å². The van der Waals surface area contributed by atoms with Crippen molar-refractivity contribution in [3.8, 4) is 0 Å². The van der Waals surface area contributed by atoms with Crippen LogP contribution in [0.2, 0.25) is 0 Å². The molecule has 94 valence electrons. The van der Waals surface area contributed by atoms with Crippen LogP contribution in [-0.4, -0.2) is 50.8 Å². The zero-order valence-corrected chi connectivity index (χ0v) is 10.8. The zero-order valence-electron chi connectivity index (χ0n) is 9.96. The summed E-state index contributed by atoms with van der Waals surface area (Å²) >= 11 is 2.03. The van der Waals surface area contributed by atoms with Gasteiger partial charge in [-0.2, -0.15) is 11.8 Å². The van der Waals surface area contributed by atoms with Gasteiger partial charge in [-0.1, -0.05) is 0 Å². The fraction of sp³-hybridized carbons (Fsp3) is 0.909. The van der Waals surface area contributed by atoms with Gasteiger partial charge in [0.15, 0.2) is 0 Å². The van der Waals surface area contributed by atoms with Crippen molar-refractivity contribution in [1.29, 1.82) is 0 Å². The molecule has 0 aromatic carbocycles. The highest BCUT2D eigenvalue weighted by Crippen LogP contribution is 2.22. The molecule has 0 aliphatic carbocycles. The van der Waals surface area contributed by atoms with Crippen molar-refractivity contribution in [1.82, 2.24) is 10.6 Å². The number of amides is 1. The third-order valence-electron chi connectivity index (χ3n) is 2.61. The molecule has 5 heteroatoms. The van der Waals surface area contributed by atoms with Crippen molar-refractivity contribution in [2.75, 3.05) is 44.9 Å². The van der Waals surface area contributed by atoms with Gasteiger partial charge in [0.25, 0.3) is 0 Å². The van der Waals surface area contributed by atoms with E-state index in [-0.39, 0.29) is 5.91 Å². The Labute approximate surface area is 102 Å². The molecule has 1 rings (SSSR count). The van der Waals surface area contributed by atoms with E-state index >= 15 is 0 Å². The maximum atomic E-state index is 11.3. The molecule has 1 atom stereocenters.